The molecule has 0 aromatic heterocycles. The number of fused-ring (bicyclic) bond motifs is 1. The van der Waals surface area contributed by atoms with Crippen LogP contribution in [0.25, 0.3) is 0 Å². The molecule has 2 aliphatic rings. The number of halogens is 1. The second-order valence-electron chi connectivity index (χ2n) is 5.85. The molecule has 1 amide bonds. The van der Waals surface area contributed by atoms with Crippen LogP contribution in [-0.2, 0) is 4.74 Å². The van der Waals surface area contributed by atoms with E-state index >= 15 is 0 Å². The minimum absolute atomic E-state index is 0. The van der Waals surface area contributed by atoms with Gasteiger partial charge in [0.05, 0.1) is 0 Å². The predicted molar refractivity (Wildman–Crippen MR) is 69.6 cm³/mol. The number of rotatable bonds is 0. The lowest BCUT2D eigenvalue weighted by molar-refractivity contribution is 0.0286. The normalized spacial score (nSPS) is 28.3. The van der Waals surface area contributed by atoms with E-state index in [2.05, 4.69) is 5.32 Å². The molecule has 1 N–H and O–H groups in total. The van der Waals surface area contributed by atoms with E-state index in [0.29, 0.717) is 12.0 Å². The number of nitrogens with one attached hydrogen (secondary N) is 1. The number of amides is 1. The van der Waals surface area contributed by atoms with E-state index in [1.165, 1.54) is 12.8 Å². The number of likely N-dealkylation sites (tertiary alicyclic amines) is 1. The first-order valence-electron chi connectivity index (χ1n) is 6.17. The highest BCUT2D eigenvalue weighted by Gasteiger charge is 2.37. The standard InChI is InChI=1S/C12H22N2O2.ClH/c1-12(2,3)16-11(15)14-7-9-5-4-6-13-10(9)8-14;/h9-10,13H,4-8H2,1-3H3;1H/t9-,10+;/m0./s1. The molecule has 17 heavy (non-hydrogen) atoms. The maximum Gasteiger partial charge on any atom is 0.410 e. The van der Waals surface area contributed by atoms with E-state index in [9.17, 15) is 4.79 Å². The molecule has 2 fully saturated rings. The van der Waals surface area contributed by atoms with Gasteiger partial charge in [0, 0.05) is 19.1 Å². The highest BCUT2D eigenvalue weighted by atomic mass is 35.5. The maximum atomic E-state index is 11.9. The fraction of sp³-hybridized carbons (Fsp3) is 0.917. The first kappa shape index (κ1) is 14.6. The highest BCUT2D eigenvalue weighted by Crippen LogP contribution is 2.26. The van der Waals surface area contributed by atoms with Crippen LogP contribution in [0.4, 0.5) is 4.79 Å². The van der Waals surface area contributed by atoms with Gasteiger partial charge < -0.3 is 15.0 Å². The van der Waals surface area contributed by atoms with Crippen molar-refractivity contribution in [2.24, 2.45) is 5.92 Å². The molecule has 100 valence electrons. The van der Waals surface area contributed by atoms with Crippen molar-refractivity contribution in [3.63, 3.8) is 0 Å². The monoisotopic (exact) mass is 262 g/mol. The Morgan fingerprint density at radius 1 is 1.35 bits per heavy atom. The summed E-state index contributed by atoms with van der Waals surface area (Å²) in [5.74, 6) is 0.626. The molecule has 2 heterocycles. The van der Waals surface area contributed by atoms with Gasteiger partial charge in [0.15, 0.2) is 0 Å². The quantitative estimate of drug-likeness (QED) is 0.726. The van der Waals surface area contributed by atoms with Gasteiger partial charge in [-0.25, -0.2) is 4.79 Å². The maximum absolute atomic E-state index is 11.9. The van der Waals surface area contributed by atoms with Crippen molar-refractivity contribution in [1.82, 2.24) is 10.2 Å². The number of nitrogens with zero attached hydrogens (tertiary/aromatic N) is 1. The summed E-state index contributed by atoms with van der Waals surface area (Å²) < 4.78 is 5.39. The molecule has 0 radical (unpaired) electrons. The third kappa shape index (κ3) is 3.75. The first-order chi connectivity index (χ1) is 7.46. The van der Waals surface area contributed by atoms with Gasteiger partial charge in [0.2, 0.25) is 0 Å². The van der Waals surface area contributed by atoms with Crippen LogP contribution in [0, 0.1) is 5.92 Å². The summed E-state index contributed by atoms with van der Waals surface area (Å²) >= 11 is 0. The Balaban J connectivity index is 0.00000144. The predicted octanol–water partition coefficient (Wildman–Crippen LogP) is 2.03. The van der Waals surface area contributed by atoms with Crippen molar-refractivity contribution >= 4 is 18.5 Å². The van der Waals surface area contributed by atoms with Crippen molar-refractivity contribution in [2.75, 3.05) is 19.6 Å². The van der Waals surface area contributed by atoms with Crippen LogP contribution >= 0.6 is 12.4 Å². The average Bonchev–Trinajstić information content (AvgIpc) is 2.58. The Bertz CT molecular complexity index is 264. The molecule has 2 saturated heterocycles. The largest absolute Gasteiger partial charge is 0.444 e. The second-order valence-corrected chi connectivity index (χ2v) is 5.85. The summed E-state index contributed by atoms with van der Waals surface area (Å²) in [5, 5.41) is 3.48. The third-order valence-corrected chi connectivity index (χ3v) is 3.25. The SMILES string of the molecule is CC(C)(C)OC(=O)N1C[C@@H]2CCCN[C@@H]2C1.Cl. The number of hydrogen-bond donors (Lipinski definition) is 1. The minimum Gasteiger partial charge on any atom is -0.444 e. The number of hydrogen-bond acceptors (Lipinski definition) is 3. The Labute approximate surface area is 109 Å². The molecule has 2 atom stereocenters. The lowest BCUT2D eigenvalue weighted by atomic mass is 9.94. The lowest BCUT2D eigenvalue weighted by Crippen LogP contribution is -2.41. The van der Waals surface area contributed by atoms with Gasteiger partial charge in [-0.15, -0.1) is 12.4 Å². The molecular formula is C12H23ClN2O2. The molecule has 0 unspecified atom stereocenters. The van der Waals surface area contributed by atoms with Gasteiger partial charge in [0.1, 0.15) is 5.60 Å². The van der Waals surface area contributed by atoms with E-state index in [1.54, 1.807) is 0 Å². The summed E-state index contributed by atoms with van der Waals surface area (Å²) in [4.78, 5) is 13.7. The molecule has 0 aromatic carbocycles. The van der Waals surface area contributed by atoms with Crippen molar-refractivity contribution in [3.05, 3.63) is 0 Å². The zero-order chi connectivity index (χ0) is 11.8. The first-order valence-corrected chi connectivity index (χ1v) is 6.17. The fourth-order valence-corrected chi connectivity index (χ4v) is 2.52. The number of ether oxygens (including phenoxy) is 1. The molecule has 0 spiro atoms. The van der Waals surface area contributed by atoms with Gasteiger partial charge in [-0.2, -0.15) is 0 Å². The van der Waals surface area contributed by atoms with E-state index in [4.69, 9.17) is 4.74 Å². The van der Waals surface area contributed by atoms with Crippen molar-refractivity contribution in [2.45, 2.75) is 45.3 Å². The zero-order valence-corrected chi connectivity index (χ0v) is 11.7. The number of carbonyl (C=O) groups excluding carboxylic acids is 1. The molecule has 4 nitrogen and oxygen atoms in total. The van der Waals surface area contributed by atoms with Crippen LogP contribution in [0.3, 0.4) is 0 Å². The Morgan fingerprint density at radius 2 is 2.06 bits per heavy atom. The average molecular weight is 263 g/mol. The van der Waals surface area contributed by atoms with Crippen molar-refractivity contribution < 1.29 is 9.53 Å². The molecular weight excluding hydrogens is 240 g/mol. The van der Waals surface area contributed by atoms with E-state index in [0.717, 1.165) is 19.6 Å². The van der Waals surface area contributed by atoms with Crippen LogP contribution in [-0.4, -0.2) is 42.3 Å². The van der Waals surface area contributed by atoms with E-state index in [1.807, 2.05) is 25.7 Å². The second kappa shape index (κ2) is 5.44. The molecule has 0 aromatic rings. The summed E-state index contributed by atoms with van der Waals surface area (Å²) in [6.07, 6.45) is 2.30. The Kier molecular flexibility index (Phi) is 4.67. The van der Waals surface area contributed by atoms with E-state index < -0.39 is 5.60 Å². The Morgan fingerprint density at radius 3 is 2.65 bits per heavy atom. The summed E-state index contributed by atoms with van der Waals surface area (Å²) in [6, 6.07) is 0.487. The van der Waals surface area contributed by atoms with Gasteiger partial charge in [-0.3, -0.25) is 0 Å². The van der Waals surface area contributed by atoms with Crippen LogP contribution in [0.5, 0.6) is 0 Å². The highest BCUT2D eigenvalue weighted by molar-refractivity contribution is 5.85. The van der Waals surface area contributed by atoms with Gasteiger partial charge in [-0.05, 0) is 46.1 Å². The summed E-state index contributed by atoms with van der Waals surface area (Å²) in [6.45, 7) is 8.47. The third-order valence-electron chi connectivity index (χ3n) is 3.25. The van der Waals surface area contributed by atoms with Gasteiger partial charge in [0.25, 0.3) is 0 Å². The van der Waals surface area contributed by atoms with Gasteiger partial charge >= 0.3 is 6.09 Å². The van der Waals surface area contributed by atoms with Crippen molar-refractivity contribution in [1.29, 1.82) is 0 Å². The smallest absolute Gasteiger partial charge is 0.410 e. The fourth-order valence-electron chi connectivity index (χ4n) is 2.52. The molecule has 0 aliphatic carbocycles. The zero-order valence-electron chi connectivity index (χ0n) is 10.9. The summed E-state index contributed by atoms with van der Waals surface area (Å²) in [7, 11) is 0. The Hall–Kier alpha value is -0.480. The van der Waals surface area contributed by atoms with E-state index in [-0.39, 0.29) is 18.5 Å². The molecule has 0 saturated carbocycles. The topological polar surface area (TPSA) is 41.6 Å². The summed E-state index contributed by atoms with van der Waals surface area (Å²) in [5.41, 5.74) is -0.391. The van der Waals surface area contributed by atoms with Crippen LogP contribution < -0.4 is 5.32 Å². The van der Waals surface area contributed by atoms with Crippen LogP contribution in [0.1, 0.15) is 33.6 Å². The lowest BCUT2D eigenvalue weighted by Gasteiger charge is -2.24. The number of piperidine rings is 1. The van der Waals surface area contributed by atoms with Crippen molar-refractivity contribution in [3.8, 4) is 0 Å². The molecule has 2 aliphatic heterocycles. The van der Waals surface area contributed by atoms with Gasteiger partial charge in [-0.1, -0.05) is 0 Å². The minimum atomic E-state index is -0.391. The molecule has 0 bridgehead atoms. The van der Waals surface area contributed by atoms with Crippen LogP contribution in [0.15, 0.2) is 0 Å². The number of carbonyl (C=O) groups is 1. The van der Waals surface area contributed by atoms with Crippen LogP contribution in [0.2, 0.25) is 0 Å². The molecule has 5 heteroatoms. The molecule has 2 rings (SSSR count).